The maximum Gasteiger partial charge on any atom is 0.250 e. The molecule has 0 bridgehead atoms. The van der Waals surface area contributed by atoms with Crippen molar-refractivity contribution in [3.8, 4) is 5.75 Å². The zero-order chi connectivity index (χ0) is 14.6. The number of nitrogens with zero attached hydrogens (tertiary/aromatic N) is 1. The first kappa shape index (κ1) is 15.5. The maximum absolute atomic E-state index is 11.6. The lowest BCUT2D eigenvalue weighted by Gasteiger charge is -2.20. The largest absolute Gasteiger partial charge is 0.496 e. The van der Waals surface area contributed by atoms with E-state index in [9.17, 15) is 9.90 Å². The van der Waals surface area contributed by atoms with Gasteiger partial charge < -0.3 is 14.7 Å². The van der Waals surface area contributed by atoms with Crippen LogP contribution in [0.15, 0.2) is 12.1 Å². The van der Waals surface area contributed by atoms with E-state index in [0.717, 1.165) is 16.9 Å². The second-order valence-corrected chi connectivity index (χ2v) is 4.96. The highest BCUT2D eigenvalue weighted by atomic mass is 16.5. The summed E-state index contributed by atoms with van der Waals surface area (Å²) < 4.78 is 5.42. The first-order valence-electron chi connectivity index (χ1n) is 6.44. The number of aliphatic hydroxyl groups excluding tert-OH is 1. The van der Waals surface area contributed by atoms with Crippen LogP contribution in [0, 0.1) is 13.8 Å². The summed E-state index contributed by atoms with van der Waals surface area (Å²) in [5, 5.41) is 9.26. The van der Waals surface area contributed by atoms with Crippen molar-refractivity contribution in [3.63, 3.8) is 0 Å². The van der Waals surface area contributed by atoms with Crippen molar-refractivity contribution in [2.75, 3.05) is 20.7 Å². The average molecular weight is 265 g/mol. The van der Waals surface area contributed by atoms with Crippen LogP contribution in [0.25, 0.3) is 0 Å². The molecule has 0 aliphatic rings. The molecule has 1 atom stereocenters. The number of aliphatic hydroxyl groups is 1. The molecule has 1 N–H and O–H groups in total. The van der Waals surface area contributed by atoms with Gasteiger partial charge in [-0.05, 0) is 38.3 Å². The molecular formula is C15H23NO3. The first-order valence-corrected chi connectivity index (χ1v) is 6.44. The SMILES string of the molecule is COc1c(C)cc(C)cc1CCN(C)C(=O)C(C)O. The number of methoxy groups -OCH3 is 1. The molecular weight excluding hydrogens is 242 g/mol. The van der Waals surface area contributed by atoms with Crippen LogP contribution < -0.4 is 4.74 Å². The smallest absolute Gasteiger partial charge is 0.250 e. The van der Waals surface area contributed by atoms with Gasteiger partial charge in [-0.15, -0.1) is 0 Å². The predicted octanol–water partition coefficient (Wildman–Crippen LogP) is 1.69. The summed E-state index contributed by atoms with van der Waals surface area (Å²) in [5.41, 5.74) is 3.37. The second-order valence-electron chi connectivity index (χ2n) is 4.96. The number of rotatable bonds is 5. The average Bonchev–Trinajstić information content (AvgIpc) is 2.34. The quantitative estimate of drug-likeness (QED) is 0.881. The molecule has 4 nitrogen and oxygen atoms in total. The minimum Gasteiger partial charge on any atom is -0.496 e. The van der Waals surface area contributed by atoms with Crippen LogP contribution in [0.4, 0.5) is 0 Å². The number of amides is 1. The third kappa shape index (κ3) is 3.96. The Bertz CT molecular complexity index is 455. The fourth-order valence-corrected chi connectivity index (χ4v) is 2.24. The number of carbonyl (C=O) groups excluding carboxylic acids is 1. The van der Waals surface area contributed by atoms with Gasteiger partial charge in [-0.3, -0.25) is 4.79 Å². The van der Waals surface area contributed by atoms with Crippen LogP contribution in [0.2, 0.25) is 0 Å². The molecule has 0 radical (unpaired) electrons. The van der Waals surface area contributed by atoms with E-state index in [1.54, 1.807) is 19.1 Å². The molecule has 0 saturated heterocycles. The standard InChI is InChI=1S/C15H23NO3/c1-10-8-11(2)14(19-5)13(9-10)6-7-16(4)15(18)12(3)17/h8-9,12,17H,6-7H2,1-5H3. The Kier molecular flexibility index (Phi) is 5.36. The zero-order valence-corrected chi connectivity index (χ0v) is 12.4. The summed E-state index contributed by atoms with van der Waals surface area (Å²) >= 11 is 0. The van der Waals surface area contributed by atoms with Gasteiger partial charge >= 0.3 is 0 Å². The number of hydrogen-bond donors (Lipinski definition) is 1. The number of likely N-dealkylation sites (N-methyl/N-ethyl adjacent to an activating group) is 1. The van der Waals surface area contributed by atoms with E-state index >= 15 is 0 Å². The van der Waals surface area contributed by atoms with E-state index in [1.165, 1.54) is 12.5 Å². The summed E-state index contributed by atoms with van der Waals surface area (Å²) in [6.07, 6.45) is -0.244. The monoisotopic (exact) mass is 265 g/mol. The second kappa shape index (κ2) is 6.57. The van der Waals surface area contributed by atoms with Gasteiger partial charge in [-0.2, -0.15) is 0 Å². The molecule has 106 valence electrons. The van der Waals surface area contributed by atoms with Gasteiger partial charge in [0.05, 0.1) is 7.11 Å². The molecule has 0 spiro atoms. The van der Waals surface area contributed by atoms with Crippen LogP contribution in [-0.2, 0) is 11.2 Å². The van der Waals surface area contributed by atoms with E-state index < -0.39 is 6.10 Å². The van der Waals surface area contributed by atoms with Crippen LogP contribution >= 0.6 is 0 Å². The van der Waals surface area contributed by atoms with Crippen LogP contribution in [0.1, 0.15) is 23.6 Å². The molecule has 4 heteroatoms. The van der Waals surface area contributed by atoms with Gasteiger partial charge in [-0.1, -0.05) is 17.7 Å². The topological polar surface area (TPSA) is 49.8 Å². The van der Waals surface area contributed by atoms with Crippen molar-refractivity contribution in [3.05, 3.63) is 28.8 Å². The molecule has 19 heavy (non-hydrogen) atoms. The lowest BCUT2D eigenvalue weighted by atomic mass is 10.0. The molecule has 1 unspecified atom stereocenters. The van der Waals surface area contributed by atoms with Crippen molar-refractivity contribution >= 4 is 5.91 Å². The summed E-state index contributed by atoms with van der Waals surface area (Å²) in [5.74, 6) is 0.617. The number of ether oxygens (including phenoxy) is 1. The third-order valence-electron chi connectivity index (χ3n) is 3.15. The van der Waals surface area contributed by atoms with E-state index in [2.05, 4.69) is 12.1 Å². The van der Waals surface area contributed by atoms with Gasteiger partial charge in [0.2, 0.25) is 0 Å². The lowest BCUT2D eigenvalue weighted by molar-refractivity contribution is -0.137. The van der Waals surface area contributed by atoms with E-state index in [1.807, 2.05) is 13.8 Å². The van der Waals surface area contributed by atoms with Crippen molar-refractivity contribution in [2.45, 2.75) is 33.3 Å². The van der Waals surface area contributed by atoms with E-state index in [4.69, 9.17) is 4.74 Å². The molecule has 0 aliphatic carbocycles. The Hall–Kier alpha value is -1.55. The lowest BCUT2D eigenvalue weighted by Crippen LogP contribution is -2.36. The Morgan fingerprint density at radius 1 is 1.42 bits per heavy atom. The minimum atomic E-state index is -0.953. The summed E-state index contributed by atoms with van der Waals surface area (Å²) in [6, 6.07) is 4.15. The molecule has 0 fully saturated rings. The van der Waals surface area contributed by atoms with Gasteiger partial charge in [0, 0.05) is 13.6 Å². The van der Waals surface area contributed by atoms with Crippen molar-refractivity contribution < 1.29 is 14.6 Å². The molecule has 1 amide bonds. The Morgan fingerprint density at radius 3 is 2.58 bits per heavy atom. The Labute approximate surface area is 115 Å². The number of carbonyl (C=O) groups is 1. The highest BCUT2D eigenvalue weighted by Crippen LogP contribution is 2.25. The molecule has 1 aromatic rings. The van der Waals surface area contributed by atoms with Gasteiger partial charge in [0.25, 0.3) is 5.91 Å². The van der Waals surface area contributed by atoms with Crippen molar-refractivity contribution in [1.82, 2.24) is 4.90 Å². The highest BCUT2D eigenvalue weighted by molar-refractivity contribution is 5.79. The van der Waals surface area contributed by atoms with E-state index in [-0.39, 0.29) is 5.91 Å². The summed E-state index contributed by atoms with van der Waals surface area (Å²) in [4.78, 5) is 13.1. The molecule has 0 aliphatic heterocycles. The number of aryl methyl sites for hydroxylation is 2. The molecule has 1 aromatic carbocycles. The van der Waals surface area contributed by atoms with Crippen molar-refractivity contribution in [2.24, 2.45) is 0 Å². The summed E-state index contributed by atoms with van der Waals surface area (Å²) in [7, 11) is 3.36. The van der Waals surface area contributed by atoms with E-state index in [0.29, 0.717) is 13.0 Å². The zero-order valence-electron chi connectivity index (χ0n) is 12.4. The van der Waals surface area contributed by atoms with Gasteiger partial charge in [-0.25, -0.2) is 0 Å². The molecule has 0 saturated carbocycles. The Morgan fingerprint density at radius 2 is 2.05 bits per heavy atom. The Balaban J connectivity index is 2.80. The van der Waals surface area contributed by atoms with Gasteiger partial charge in [0.15, 0.2) is 0 Å². The predicted molar refractivity (Wildman–Crippen MR) is 75.5 cm³/mol. The van der Waals surface area contributed by atoms with Crippen LogP contribution in [0.3, 0.4) is 0 Å². The molecule has 0 heterocycles. The first-order chi connectivity index (χ1) is 8.86. The highest BCUT2D eigenvalue weighted by Gasteiger charge is 2.15. The third-order valence-corrected chi connectivity index (χ3v) is 3.15. The van der Waals surface area contributed by atoms with Crippen LogP contribution in [-0.4, -0.2) is 42.7 Å². The maximum atomic E-state index is 11.6. The molecule has 1 rings (SSSR count). The fraction of sp³-hybridized carbons (Fsp3) is 0.533. The van der Waals surface area contributed by atoms with Gasteiger partial charge in [0.1, 0.15) is 11.9 Å². The number of hydrogen-bond acceptors (Lipinski definition) is 3. The molecule has 0 aromatic heterocycles. The minimum absolute atomic E-state index is 0.261. The van der Waals surface area contributed by atoms with Crippen molar-refractivity contribution in [1.29, 1.82) is 0 Å². The number of benzene rings is 1. The normalized spacial score (nSPS) is 12.1. The fourth-order valence-electron chi connectivity index (χ4n) is 2.24. The van der Waals surface area contributed by atoms with Crippen LogP contribution in [0.5, 0.6) is 5.75 Å². The summed E-state index contributed by atoms with van der Waals surface area (Å²) in [6.45, 7) is 6.10.